The van der Waals surface area contributed by atoms with Crippen molar-refractivity contribution < 1.29 is 18.7 Å². The summed E-state index contributed by atoms with van der Waals surface area (Å²) in [4.78, 5) is 19.1. The van der Waals surface area contributed by atoms with Crippen molar-refractivity contribution in [1.82, 2.24) is 4.98 Å². The largest absolute Gasteiger partial charge is 0.449 e. The molecular weight excluding hydrogens is 406 g/mol. The summed E-state index contributed by atoms with van der Waals surface area (Å²) in [6.07, 6.45) is 6.45. The lowest BCUT2D eigenvalue weighted by Crippen LogP contribution is -2.40. The molecule has 1 amide bonds. The average molecular weight is 444 g/mol. The van der Waals surface area contributed by atoms with Crippen LogP contribution in [0.4, 0.5) is 16.2 Å². The van der Waals surface area contributed by atoms with Gasteiger partial charge in [0.2, 0.25) is 0 Å². The Labute approximate surface area is 191 Å². The second-order valence-corrected chi connectivity index (χ2v) is 9.31. The molecule has 1 aliphatic heterocycles. The highest BCUT2D eigenvalue weighted by atomic mass is 16.6. The van der Waals surface area contributed by atoms with Gasteiger partial charge in [0.1, 0.15) is 11.4 Å². The van der Waals surface area contributed by atoms with Gasteiger partial charge in [0.25, 0.3) is 0 Å². The van der Waals surface area contributed by atoms with E-state index in [9.17, 15) is 4.79 Å². The maximum atomic E-state index is 12.7. The molecule has 0 radical (unpaired) electrons. The molecule has 1 aliphatic rings. The third kappa shape index (κ3) is 6.48. The molecule has 176 valence electrons. The van der Waals surface area contributed by atoms with E-state index in [0.29, 0.717) is 6.04 Å². The molecule has 7 heteroatoms. The highest BCUT2D eigenvalue weighted by molar-refractivity contribution is 5.90. The number of anilines is 2. The van der Waals surface area contributed by atoms with Crippen LogP contribution in [-0.4, -0.2) is 42.5 Å². The summed E-state index contributed by atoms with van der Waals surface area (Å²) in [5, 5.41) is 3.03. The minimum absolute atomic E-state index is 0.259. The number of nitrogens with zero attached hydrogens (tertiary/aromatic N) is 2. The lowest BCUT2D eigenvalue weighted by Gasteiger charge is -2.36. The molecular formula is C25H37N3O4. The Balaban J connectivity index is 1.92. The van der Waals surface area contributed by atoms with E-state index in [-0.39, 0.29) is 5.92 Å². The number of aromatic nitrogens is 1. The normalized spacial score (nSPS) is 15.9. The van der Waals surface area contributed by atoms with E-state index in [0.717, 1.165) is 68.1 Å². The average Bonchev–Trinajstić information content (AvgIpc) is 3.26. The molecule has 2 aromatic rings. The van der Waals surface area contributed by atoms with Crippen LogP contribution in [-0.2, 0) is 15.9 Å². The molecule has 1 aromatic carbocycles. The summed E-state index contributed by atoms with van der Waals surface area (Å²) in [6, 6.07) is 6.77. The summed E-state index contributed by atoms with van der Waals surface area (Å²) in [5.74, 6) is 1.12. The van der Waals surface area contributed by atoms with Gasteiger partial charge in [-0.3, -0.25) is 5.32 Å². The van der Waals surface area contributed by atoms with Crippen LogP contribution >= 0.6 is 0 Å². The minimum atomic E-state index is -0.564. The zero-order valence-electron chi connectivity index (χ0n) is 20.0. The van der Waals surface area contributed by atoms with Gasteiger partial charge in [-0.25, -0.2) is 9.78 Å². The zero-order valence-corrected chi connectivity index (χ0v) is 20.0. The van der Waals surface area contributed by atoms with Crippen LogP contribution in [0, 0.1) is 0 Å². The topological polar surface area (TPSA) is 76.8 Å². The van der Waals surface area contributed by atoms with Gasteiger partial charge >= 0.3 is 6.09 Å². The number of ether oxygens (including phenoxy) is 2. The summed E-state index contributed by atoms with van der Waals surface area (Å²) < 4.78 is 16.6. The van der Waals surface area contributed by atoms with E-state index in [1.807, 2.05) is 20.8 Å². The van der Waals surface area contributed by atoms with Crippen molar-refractivity contribution >= 4 is 17.5 Å². The maximum Gasteiger partial charge on any atom is 0.412 e. The number of nitrogens with one attached hydrogen (secondary N) is 1. The molecule has 0 spiro atoms. The molecule has 1 atom stereocenters. The Morgan fingerprint density at radius 1 is 1.28 bits per heavy atom. The second-order valence-electron chi connectivity index (χ2n) is 9.31. The molecule has 0 saturated carbocycles. The predicted molar refractivity (Wildman–Crippen MR) is 126 cm³/mol. The number of hydrogen-bond donors (Lipinski definition) is 1. The number of hydrogen-bond acceptors (Lipinski definition) is 6. The number of benzene rings is 1. The van der Waals surface area contributed by atoms with E-state index >= 15 is 0 Å². The highest BCUT2D eigenvalue weighted by Gasteiger charge is 2.25. The van der Waals surface area contributed by atoms with E-state index in [4.69, 9.17) is 13.9 Å². The zero-order chi connectivity index (χ0) is 23.1. The van der Waals surface area contributed by atoms with Gasteiger partial charge in [0, 0.05) is 32.2 Å². The second kappa shape index (κ2) is 10.9. The maximum absolute atomic E-state index is 12.7. The fourth-order valence-corrected chi connectivity index (χ4v) is 4.28. The third-order valence-electron chi connectivity index (χ3n) is 5.83. The molecule has 0 bridgehead atoms. The van der Waals surface area contributed by atoms with Crippen molar-refractivity contribution in [1.29, 1.82) is 0 Å². The van der Waals surface area contributed by atoms with Crippen LogP contribution in [0.2, 0.25) is 0 Å². The number of amides is 1. The molecule has 1 N–H and O–H groups in total. The Morgan fingerprint density at radius 3 is 2.62 bits per heavy atom. The molecule has 1 saturated heterocycles. The van der Waals surface area contributed by atoms with Crippen LogP contribution in [0.1, 0.15) is 71.1 Å². The van der Waals surface area contributed by atoms with E-state index in [1.54, 1.807) is 6.20 Å². The van der Waals surface area contributed by atoms with Gasteiger partial charge in [-0.1, -0.05) is 13.0 Å². The van der Waals surface area contributed by atoms with Gasteiger partial charge in [0.15, 0.2) is 6.39 Å². The summed E-state index contributed by atoms with van der Waals surface area (Å²) >= 11 is 0. The molecule has 1 aromatic heterocycles. The molecule has 2 heterocycles. The minimum Gasteiger partial charge on any atom is -0.449 e. The lowest BCUT2D eigenvalue weighted by atomic mass is 9.91. The first-order valence-corrected chi connectivity index (χ1v) is 11.7. The number of oxazole rings is 1. The van der Waals surface area contributed by atoms with E-state index in [1.165, 1.54) is 6.39 Å². The standard InChI is InChI=1S/C25H37N3O4/c1-6-18(14-21-16-26-17-31-21)19-8-9-23(28(7-2)20-10-12-30-13-11-20)22(15-19)27-24(29)32-25(3,4)5/h8-9,15-18,20H,6-7,10-14H2,1-5H3,(H,27,29)/t18-/m1/s1. The van der Waals surface area contributed by atoms with Gasteiger partial charge < -0.3 is 18.8 Å². The molecule has 7 nitrogen and oxygen atoms in total. The molecule has 0 unspecified atom stereocenters. The van der Waals surface area contributed by atoms with Gasteiger partial charge in [0.05, 0.1) is 17.6 Å². The van der Waals surface area contributed by atoms with Crippen LogP contribution in [0.15, 0.2) is 35.2 Å². The number of carbonyl (C=O) groups is 1. The van der Waals surface area contributed by atoms with Crippen molar-refractivity contribution in [3.63, 3.8) is 0 Å². The lowest BCUT2D eigenvalue weighted by molar-refractivity contribution is 0.0635. The van der Waals surface area contributed by atoms with Gasteiger partial charge in [-0.05, 0) is 70.6 Å². The van der Waals surface area contributed by atoms with Gasteiger partial charge in [-0.2, -0.15) is 0 Å². The van der Waals surface area contributed by atoms with Crippen LogP contribution in [0.3, 0.4) is 0 Å². The summed E-state index contributed by atoms with van der Waals surface area (Å²) in [7, 11) is 0. The van der Waals surface area contributed by atoms with Crippen molar-refractivity contribution in [3.8, 4) is 0 Å². The van der Waals surface area contributed by atoms with Crippen LogP contribution in [0.25, 0.3) is 0 Å². The van der Waals surface area contributed by atoms with Crippen LogP contribution in [0.5, 0.6) is 0 Å². The van der Waals surface area contributed by atoms with Crippen molar-refractivity contribution in [2.45, 2.75) is 77.9 Å². The Hall–Kier alpha value is -2.54. The monoisotopic (exact) mass is 443 g/mol. The molecule has 1 fully saturated rings. The van der Waals surface area contributed by atoms with Crippen LogP contribution < -0.4 is 10.2 Å². The first kappa shape index (κ1) is 24.1. The Kier molecular flexibility index (Phi) is 8.18. The van der Waals surface area contributed by atoms with Gasteiger partial charge in [-0.15, -0.1) is 0 Å². The van der Waals surface area contributed by atoms with Crippen molar-refractivity contribution in [2.75, 3.05) is 30.0 Å². The highest BCUT2D eigenvalue weighted by Crippen LogP contribution is 2.35. The first-order valence-electron chi connectivity index (χ1n) is 11.7. The number of carbonyl (C=O) groups excluding carboxylic acids is 1. The summed E-state index contributed by atoms with van der Waals surface area (Å²) in [6.45, 7) is 12.3. The molecule has 3 rings (SSSR count). The molecule has 0 aliphatic carbocycles. The predicted octanol–water partition coefficient (Wildman–Crippen LogP) is 5.76. The molecule has 32 heavy (non-hydrogen) atoms. The van der Waals surface area contributed by atoms with E-state index < -0.39 is 11.7 Å². The third-order valence-corrected chi connectivity index (χ3v) is 5.83. The fraction of sp³-hybridized carbons (Fsp3) is 0.600. The van der Waals surface area contributed by atoms with Crippen molar-refractivity contribution in [3.05, 3.63) is 42.1 Å². The Bertz CT molecular complexity index is 855. The van der Waals surface area contributed by atoms with E-state index in [2.05, 4.69) is 47.2 Å². The fourth-order valence-electron chi connectivity index (χ4n) is 4.28. The number of rotatable bonds is 8. The summed E-state index contributed by atoms with van der Waals surface area (Å²) in [5.41, 5.74) is 2.39. The Morgan fingerprint density at radius 2 is 2.03 bits per heavy atom. The SMILES string of the molecule is CC[C@H](Cc1cnco1)c1ccc(N(CC)C2CCOCC2)c(NC(=O)OC(C)(C)C)c1. The first-order chi connectivity index (χ1) is 15.3. The van der Waals surface area contributed by atoms with Crippen molar-refractivity contribution in [2.24, 2.45) is 0 Å². The smallest absolute Gasteiger partial charge is 0.412 e. The quantitative estimate of drug-likeness (QED) is 0.559.